The molecule has 0 atom stereocenters. The van der Waals surface area contributed by atoms with Gasteiger partial charge in [0.25, 0.3) is 5.91 Å². The highest BCUT2D eigenvalue weighted by Gasteiger charge is 2.19. The SMILES string of the molecule is CC(C)(C)NC(=O)c1ccc2nc(-c3ccc(Cl)cc3)c(-c3ccc(Cl)cc3)n2c1. The molecule has 2 aromatic heterocycles. The molecule has 0 spiro atoms. The zero-order chi connectivity index (χ0) is 21.5. The number of benzene rings is 2. The van der Waals surface area contributed by atoms with Crippen LogP contribution >= 0.6 is 23.2 Å². The highest BCUT2D eigenvalue weighted by Crippen LogP contribution is 2.34. The van der Waals surface area contributed by atoms with Crippen LogP contribution in [0.3, 0.4) is 0 Å². The van der Waals surface area contributed by atoms with Crippen LogP contribution in [-0.2, 0) is 0 Å². The summed E-state index contributed by atoms with van der Waals surface area (Å²) in [5.41, 5.74) is 4.56. The summed E-state index contributed by atoms with van der Waals surface area (Å²) in [5, 5.41) is 4.33. The van der Waals surface area contributed by atoms with Gasteiger partial charge in [0.1, 0.15) is 5.65 Å². The van der Waals surface area contributed by atoms with Crippen molar-refractivity contribution in [3.63, 3.8) is 0 Å². The number of aromatic nitrogens is 2. The van der Waals surface area contributed by atoms with E-state index in [2.05, 4.69) is 5.32 Å². The molecule has 0 aliphatic heterocycles. The number of fused-ring (bicyclic) bond motifs is 1. The molecule has 4 rings (SSSR count). The number of amides is 1. The maximum atomic E-state index is 12.7. The second kappa shape index (κ2) is 7.78. The monoisotopic (exact) mass is 437 g/mol. The smallest absolute Gasteiger partial charge is 0.253 e. The number of nitrogens with zero attached hydrogens (tertiary/aromatic N) is 2. The van der Waals surface area contributed by atoms with Crippen molar-refractivity contribution >= 4 is 34.8 Å². The molecule has 0 saturated heterocycles. The van der Waals surface area contributed by atoms with Gasteiger partial charge in [-0.2, -0.15) is 0 Å². The van der Waals surface area contributed by atoms with Gasteiger partial charge in [0.05, 0.1) is 17.0 Å². The van der Waals surface area contributed by atoms with E-state index < -0.39 is 0 Å². The quantitative estimate of drug-likeness (QED) is 0.397. The van der Waals surface area contributed by atoms with Crippen molar-refractivity contribution < 1.29 is 4.79 Å². The Morgan fingerprint density at radius 3 is 2.00 bits per heavy atom. The van der Waals surface area contributed by atoms with E-state index in [9.17, 15) is 4.79 Å². The van der Waals surface area contributed by atoms with Gasteiger partial charge in [-0.1, -0.05) is 47.5 Å². The molecule has 1 N–H and O–H groups in total. The van der Waals surface area contributed by atoms with Crippen molar-refractivity contribution in [2.24, 2.45) is 0 Å². The topological polar surface area (TPSA) is 46.4 Å². The summed E-state index contributed by atoms with van der Waals surface area (Å²) in [6, 6.07) is 18.8. The Kier molecular flexibility index (Phi) is 5.31. The van der Waals surface area contributed by atoms with Crippen LogP contribution in [0.1, 0.15) is 31.1 Å². The van der Waals surface area contributed by atoms with Gasteiger partial charge in [0.2, 0.25) is 0 Å². The third-order valence-electron chi connectivity index (χ3n) is 4.60. The molecule has 0 unspecified atom stereocenters. The minimum absolute atomic E-state index is 0.131. The molecular formula is C24H21Cl2N3O. The van der Waals surface area contributed by atoms with E-state index in [1.807, 2.05) is 86.0 Å². The molecule has 0 aliphatic carbocycles. The summed E-state index contributed by atoms with van der Waals surface area (Å²) in [7, 11) is 0. The highest BCUT2D eigenvalue weighted by atomic mass is 35.5. The number of nitrogens with one attached hydrogen (secondary N) is 1. The Hall–Kier alpha value is -2.82. The highest BCUT2D eigenvalue weighted by molar-refractivity contribution is 6.31. The molecule has 6 heteroatoms. The number of imidazole rings is 1. The van der Waals surface area contributed by atoms with Crippen molar-refractivity contribution in [2.75, 3.05) is 0 Å². The molecule has 4 nitrogen and oxygen atoms in total. The number of hydrogen-bond acceptors (Lipinski definition) is 2. The molecule has 0 aliphatic rings. The first-order valence-electron chi connectivity index (χ1n) is 9.58. The van der Waals surface area contributed by atoms with Crippen LogP contribution in [0.15, 0.2) is 66.9 Å². The van der Waals surface area contributed by atoms with Gasteiger partial charge >= 0.3 is 0 Å². The lowest BCUT2D eigenvalue weighted by atomic mass is 10.0. The first kappa shape index (κ1) is 20.5. The first-order valence-corrected chi connectivity index (χ1v) is 10.3. The molecule has 4 aromatic rings. The number of carbonyl (C=O) groups is 1. The average Bonchev–Trinajstić information content (AvgIpc) is 3.06. The van der Waals surface area contributed by atoms with E-state index in [-0.39, 0.29) is 11.4 Å². The first-order chi connectivity index (χ1) is 14.2. The fourth-order valence-electron chi connectivity index (χ4n) is 3.28. The predicted molar refractivity (Wildman–Crippen MR) is 123 cm³/mol. The zero-order valence-corrected chi connectivity index (χ0v) is 18.4. The lowest BCUT2D eigenvalue weighted by Gasteiger charge is -2.20. The predicted octanol–water partition coefficient (Wildman–Crippen LogP) is 6.50. The van der Waals surface area contributed by atoms with Crippen LogP contribution in [0.25, 0.3) is 28.2 Å². The Balaban J connectivity index is 1.93. The van der Waals surface area contributed by atoms with E-state index in [1.165, 1.54) is 0 Å². The second-order valence-corrected chi connectivity index (χ2v) is 9.05. The van der Waals surface area contributed by atoms with E-state index in [0.29, 0.717) is 15.6 Å². The minimum atomic E-state index is -0.325. The van der Waals surface area contributed by atoms with Gasteiger partial charge in [0.15, 0.2) is 0 Å². The largest absolute Gasteiger partial charge is 0.347 e. The van der Waals surface area contributed by atoms with Crippen molar-refractivity contribution in [1.29, 1.82) is 0 Å². The normalized spacial score (nSPS) is 11.6. The van der Waals surface area contributed by atoms with Crippen LogP contribution in [0.5, 0.6) is 0 Å². The zero-order valence-electron chi connectivity index (χ0n) is 16.9. The molecule has 1 amide bonds. The van der Waals surface area contributed by atoms with Crippen molar-refractivity contribution in [3.05, 3.63) is 82.5 Å². The summed E-state index contributed by atoms with van der Waals surface area (Å²) in [4.78, 5) is 17.6. The van der Waals surface area contributed by atoms with Gasteiger partial charge in [-0.05, 0) is 57.2 Å². The number of rotatable bonds is 3. The fourth-order valence-corrected chi connectivity index (χ4v) is 3.54. The van der Waals surface area contributed by atoms with E-state index >= 15 is 0 Å². The lowest BCUT2D eigenvalue weighted by molar-refractivity contribution is 0.0919. The van der Waals surface area contributed by atoms with E-state index in [1.54, 1.807) is 6.07 Å². The molecule has 30 heavy (non-hydrogen) atoms. The summed E-state index contributed by atoms with van der Waals surface area (Å²) >= 11 is 12.2. The molecule has 2 aromatic carbocycles. The van der Waals surface area contributed by atoms with Gasteiger partial charge in [-0.25, -0.2) is 4.98 Å². The van der Waals surface area contributed by atoms with Gasteiger partial charge < -0.3 is 5.32 Å². The minimum Gasteiger partial charge on any atom is -0.347 e. The number of carbonyl (C=O) groups excluding carboxylic acids is 1. The Labute approximate surface area is 185 Å². The van der Waals surface area contributed by atoms with Crippen LogP contribution in [0.2, 0.25) is 10.0 Å². The third-order valence-corrected chi connectivity index (χ3v) is 5.11. The van der Waals surface area contributed by atoms with Crippen LogP contribution in [-0.4, -0.2) is 20.8 Å². The summed E-state index contributed by atoms with van der Waals surface area (Å²) in [6.45, 7) is 5.87. The number of pyridine rings is 1. The van der Waals surface area contributed by atoms with Crippen molar-refractivity contribution in [3.8, 4) is 22.5 Å². The van der Waals surface area contributed by atoms with Crippen LogP contribution in [0.4, 0.5) is 0 Å². The Bertz CT molecular complexity index is 1220. The maximum absolute atomic E-state index is 12.7. The summed E-state index contributed by atoms with van der Waals surface area (Å²) < 4.78 is 1.95. The molecule has 152 valence electrons. The van der Waals surface area contributed by atoms with Crippen molar-refractivity contribution in [2.45, 2.75) is 26.3 Å². The van der Waals surface area contributed by atoms with Crippen molar-refractivity contribution in [1.82, 2.24) is 14.7 Å². The Morgan fingerprint density at radius 1 is 0.867 bits per heavy atom. The molecule has 0 bridgehead atoms. The maximum Gasteiger partial charge on any atom is 0.253 e. The summed E-state index contributed by atoms with van der Waals surface area (Å²) in [5.74, 6) is -0.131. The van der Waals surface area contributed by atoms with Gasteiger partial charge in [-0.3, -0.25) is 9.20 Å². The molecule has 0 radical (unpaired) electrons. The number of halogens is 2. The molecule has 2 heterocycles. The van der Waals surface area contributed by atoms with E-state index in [4.69, 9.17) is 28.2 Å². The van der Waals surface area contributed by atoms with E-state index in [0.717, 1.165) is 28.2 Å². The summed E-state index contributed by atoms with van der Waals surface area (Å²) in [6.07, 6.45) is 1.83. The van der Waals surface area contributed by atoms with Crippen LogP contribution in [0, 0.1) is 0 Å². The standard InChI is InChI=1S/C24H21Cl2N3O/c1-24(2,3)28-23(30)17-8-13-20-27-21(15-4-9-18(25)10-5-15)22(29(20)14-17)16-6-11-19(26)12-7-16/h4-14H,1-3H3,(H,28,30). The molecular weight excluding hydrogens is 417 g/mol. The fraction of sp³-hybridized carbons (Fsp3) is 0.167. The average molecular weight is 438 g/mol. The van der Waals surface area contributed by atoms with Crippen LogP contribution < -0.4 is 5.32 Å². The van der Waals surface area contributed by atoms with Gasteiger partial charge in [0, 0.05) is 32.9 Å². The molecule has 0 saturated carbocycles. The Morgan fingerprint density at radius 2 is 1.43 bits per heavy atom. The number of hydrogen-bond donors (Lipinski definition) is 1. The third kappa shape index (κ3) is 4.20. The second-order valence-electron chi connectivity index (χ2n) is 8.17. The molecule has 0 fully saturated rings. The lowest BCUT2D eigenvalue weighted by Crippen LogP contribution is -2.40. The van der Waals surface area contributed by atoms with Gasteiger partial charge in [-0.15, -0.1) is 0 Å².